The first kappa shape index (κ1) is 23.0. The van der Waals surface area contributed by atoms with Gasteiger partial charge in [0.2, 0.25) is 0 Å². The molecule has 3 nitrogen and oxygen atoms in total. The lowest BCUT2D eigenvalue weighted by molar-refractivity contribution is 0.349. The van der Waals surface area contributed by atoms with Gasteiger partial charge >= 0.3 is 8.32 Å². The second-order valence-electron chi connectivity index (χ2n) is 8.37. The van der Waals surface area contributed by atoms with Crippen LogP contribution in [0.25, 0.3) is 0 Å². The summed E-state index contributed by atoms with van der Waals surface area (Å²) in [5.41, 5.74) is 3.02. The molecule has 5 aromatic rings. The van der Waals surface area contributed by atoms with Crippen molar-refractivity contribution in [2.45, 2.75) is 0 Å². The Morgan fingerprint density at radius 3 is 1.47 bits per heavy atom. The van der Waals surface area contributed by atoms with Crippen LogP contribution in [0.15, 0.2) is 151 Å². The Labute approximate surface area is 212 Å². The summed E-state index contributed by atoms with van der Waals surface area (Å²) >= 11 is 0. The second-order valence-corrected chi connectivity index (χ2v) is 11.6. The molecule has 0 N–H and O–H groups in total. The van der Waals surface area contributed by atoms with Crippen molar-refractivity contribution in [3.63, 3.8) is 0 Å². The smallest absolute Gasteiger partial charge is 0.380 e. The van der Waals surface area contributed by atoms with Gasteiger partial charge in [-0.25, -0.2) is 0 Å². The zero-order valence-electron chi connectivity index (χ0n) is 19.7. The molecule has 4 heteroatoms. The van der Waals surface area contributed by atoms with Crippen LogP contribution in [0.2, 0.25) is 0 Å². The Morgan fingerprint density at radius 1 is 0.556 bits per heavy atom. The lowest BCUT2D eigenvalue weighted by atomic mass is 10.0. The van der Waals surface area contributed by atoms with Crippen molar-refractivity contribution in [3.8, 4) is 6.07 Å². The summed E-state index contributed by atoms with van der Waals surface area (Å²) in [7, 11) is -3.03. The molecule has 0 aliphatic carbocycles. The molecule has 172 valence electrons. The summed E-state index contributed by atoms with van der Waals surface area (Å²) < 4.78 is 6.88. The highest BCUT2D eigenvalue weighted by molar-refractivity contribution is 7.07. The van der Waals surface area contributed by atoms with Gasteiger partial charge < -0.3 is 4.53 Å². The Kier molecular flexibility index (Phi) is 6.84. The van der Waals surface area contributed by atoms with Gasteiger partial charge in [-0.2, -0.15) is 5.26 Å². The number of hydrogen-bond acceptors (Lipinski definition) is 3. The van der Waals surface area contributed by atoms with Crippen LogP contribution >= 0.6 is 0 Å². The van der Waals surface area contributed by atoms with Crippen LogP contribution in [0.3, 0.4) is 0 Å². The zero-order chi connectivity index (χ0) is 24.6. The maximum Gasteiger partial charge on any atom is 0.380 e. The Morgan fingerprint density at radius 2 is 1.00 bits per heavy atom. The highest BCUT2D eigenvalue weighted by atomic mass is 28.4. The van der Waals surface area contributed by atoms with E-state index in [1.54, 1.807) is 6.07 Å². The summed E-state index contributed by atoms with van der Waals surface area (Å²) in [6, 6.07) is 50.8. The van der Waals surface area contributed by atoms with Crippen LogP contribution in [-0.2, 0) is 4.53 Å². The average molecular weight is 481 g/mol. The first-order chi connectivity index (χ1) is 17.8. The maximum atomic E-state index is 9.51. The van der Waals surface area contributed by atoms with Gasteiger partial charge in [-0.15, -0.1) is 0 Å². The molecule has 0 atom stereocenters. The fourth-order valence-corrected chi connectivity index (χ4v) is 7.92. The molecule has 5 rings (SSSR count). The Hall–Kier alpha value is -4.72. The molecular formula is C32H24N2OSi. The van der Waals surface area contributed by atoms with Crippen LogP contribution in [0.4, 0.5) is 0 Å². The molecule has 0 radical (unpaired) electrons. The molecule has 0 aliphatic heterocycles. The number of hydrogen-bond donors (Lipinski definition) is 0. The van der Waals surface area contributed by atoms with Crippen LogP contribution < -0.4 is 15.6 Å². The highest BCUT2D eigenvalue weighted by Crippen LogP contribution is 2.16. The van der Waals surface area contributed by atoms with Crippen molar-refractivity contribution in [1.82, 2.24) is 0 Å². The van der Waals surface area contributed by atoms with E-state index < -0.39 is 8.32 Å². The van der Waals surface area contributed by atoms with Crippen molar-refractivity contribution in [3.05, 3.63) is 162 Å². The fraction of sp³-hybridized carbons (Fsp3) is 0. The number of benzene rings is 5. The predicted octanol–water partition coefficient (Wildman–Crippen LogP) is 4.99. The van der Waals surface area contributed by atoms with Gasteiger partial charge in [-0.1, -0.05) is 139 Å². The molecule has 0 saturated carbocycles. The SMILES string of the molecule is N#Cc1cccc(C(=NO[Si](c2ccccc2)(c2ccccc2)c2ccccc2)c2ccccc2)c1. The molecule has 36 heavy (non-hydrogen) atoms. The van der Waals surface area contributed by atoms with Crippen LogP contribution in [0.1, 0.15) is 16.7 Å². The fourth-order valence-electron chi connectivity index (χ4n) is 4.39. The first-order valence-electron chi connectivity index (χ1n) is 11.8. The molecular weight excluding hydrogens is 456 g/mol. The van der Waals surface area contributed by atoms with E-state index in [1.165, 1.54) is 0 Å². The van der Waals surface area contributed by atoms with E-state index in [9.17, 15) is 5.26 Å². The lowest BCUT2D eigenvalue weighted by Gasteiger charge is -2.30. The van der Waals surface area contributed by atoms with Gasteiger partial charge in [0.05, 0.1) is 11.6 Å². The van der Waals surface area contributed by atoms with Crippen molar-refractivity contribution >= 4 is 29.6 Å². The molecule has 0 saturated heterocycles. The van der Waals surface area contributed by atoms with Gasteiger partial charge in [-0.3, -0.25) is 0 Å². The third-order valence-electron chi connectivity index (χ3n) is 6.13. The molecule has 5 aromatic carbocycles. The van der Waals surface area contributed by atoms with Gasteiger partial charge in [0, 0.05) is 11.1 Å². The predicted molar refractivity (Wildman–Crippen MR) is 148 cm³/mol. The standard InChI is InChI=1S/C32H24N2OSi/c33-25-26-14-13-17-28(24-26)32(27-15-5-1-6-16-27)34-35-36(29-18-7-2-8-19-29,30-20-9-3-10-21-30)31-22-11-4-12-23-31/h1-24H. The molecule has 0 bridgehead atoms. The largest absolute Gasteiger partial charge is 0.437 e. The van der Waals surface area contributed by atoms with Crippen molar-refractivity contribution < 1.29 is 4.53 Å². The maximum absolute atomic E-state index is 9.51. The summed E-state index contributed by atoms with van der Waals surface area (Å²) in [6.07, 6.45) is 0. The van der Waals surface area contributed by atoms with Gasteiger partial charge in [0.25, 0.3) is 0 Å². The van der Waals surface area contributed by atoms with E-state index in [2.05, 4.69) is 42.5 Å². The van der Waals surface area contributed by atoms with Crippen LogP contribution in [0, 0.1) is 11.3 Å². The van der Waals surface area contributed by atoms with Crippen molar-refractivity contribution in [2.24, 2.45) is 5.16 Å². The van der Waals surface area contributed by atoms with E-state index in [0.29, 0.717) is 11.3 Å². The van der Waals surface area contributed by atoms with E-state index in [-0.39, 0.29) is 0 Å². The van der Waals surface area contributed by atoms with Crippen LogP contribution in [-0.4, -0.2) is 14.0 Å². The van der Waals surface area contributed by atoms with Crippen LogP contribution in [0.5, 0.6) is 0 Å². The zero-order valence-corrected chi connectivity index (χ0v) is 20.7. The monoisotopic (exact) mass is 480 g/mol. The molecule has 0 spiro atoms. The van der Waals surface area contributed by atoms with E-state index in [0.717, 1.165) is 26.7 Å². The van der Waals surface area contributed by atoms with E-state index >= 15 is 0 Å². The normalized spacial score (nSPS) is 11.5. The van der Waals surface area contributed by atoms with Gasteiger partial charge in [0.1, 0.15) is 5.71 Å². The number of oxime groups is 1. The molecule has 0 fully saturated rings. The number of nitrogens with zero attached hydrogens (tertiary/aromatic N) is 2. The third-order valence-corrected chi connectivity index (χ3v) is 9.93. The molecule has 0 amide bonds. The topological polar surface area (TPSA) is 45.4 Å². The van der Waals surface area contributed by atoms with E-state index in [1.807, 2.05) is 103 Å². The lowest BCUT2D eigenvalue weighted by Crippen LogP contribution is -2.68. The average Bonchev–Trinajstić information content (AvgIpc) is 2.97. The summed E-state index contributed by atoms with van der Waals surface area (Å²) in [6.45, 7) is 0. The summed E-state index contributed by atoms with van der Waals surface area (Å²) in [4.78, 5) is 0. The van der Waals surface area contributed by atoms with E-state index in [4.69, 9.17) is 9.68 Å². The van der Waals surface area contributed by atoms with Crippen molar-refractivity contribution in [2.75, 3.05) is 0 Å². The summed E-state index contributed by atoms with van der Waals surface area (Å²) in [5, 5.41) is 17.7. The second kappa shape index (κ2) is 10.7. The first-order valence-corrected chi connectivity index (χ1v) is 13.7. The Bertz CT molecular complexity index is 1400. The Balaban J connectivity index is 1.76. The minimum Gasteiger partial charge on any atom is -0.437 e. The van der Waals surface area contributed by atoms with Crippen molar-refractivity contribution in [1.29, 1.82) is 5.26 Å². The van der Waals surface area contributed by atoms with Gasteiger partial charge in [0.15, 0.2) is 0 Å². The number of rotatable bonds is 7. The summed E-state index contributed by atoms with van der Waals surface area (Å²) in [5.74, 6) is 0. The quantitative estimate of drug-likeness (QED) is 0.143. The minimum absolute atomic E-state index is 0.578. The molecule has 0 aromatic heterocycles. The molecule has 0 unspecified atom stereocenters. The number of nitriles is 1. The highest BCUT2D eigenvalue weighted by Gasteiger charge is 2.45. The molecule has 0 heterocycles. The minimum atomic E-state index is -3.03. The molecule has 0 aliphatic rings. The van der Waals surface area contributed by atoms with Gasteiger partial charge in [-0.05, 0) is 27.7 Å². The third kappa shape index (κ3) is 4.61.